The largest absolute Gasteiger partial charge is 0.416 e. The van der Waals surface area contributed by atoms with Gasteiger partial charge in [-0.25, -0.2) is 0 Å². The molecule has 0 spiro atoms. The molecule has 1 heterocycles. The van der Waals surface area contributed by atoms with Crippen molar-refractivity contribution in [2.75, 3.05) is 6.61 Å². The number of aliphatic hydroxyl groups is 1. The summed E-state index contributed by atoms with van der Waals surface area (Å²) in [5.41, 5.74) is 0.986. The maximum absolute atomic E-state index is 13.1. The number of rotatable bonds is 5. The van der Waals surface area contributed by atoms with Gasteiger partial charge in [-0.2, -0.15) is 18.3 Å². The topological polar surface area (TPSA) is 38.1 Å². The summed E-state index contributed by atoms with van der Waals surface area (Å²) in [4.78, 5) is 0. The molecule has 0 amide bonds. The molecule has 0 aliphatic rings. The number of benzene rings is 2. The molecule has 0 radical (unpaired) electrons. The van der Waals surface area contributed by atoms with Crippen LogP contribution in [0.15, 0.2) is 36.4 Å². The summed E-state index contributed by atoms with van der Waals surface area (Å²) in [6.45, 7) is 0.199. The number of aliphatic hydroxyl groups excluding tert-OH is 1. The summed E-state index contributed by atoms with van der Waals surface area (Å²) in [6, 6.07) is 8.54. The summed E-state index contributed by atoms with van der Waals surface area (Å²) in [7, 11) is 0. The van der Waals surface area contributed by atoms with E-state index in [1.807, 2.05) is 0 Å². The predicted molar refractivity (Wildman–Crippen MR) is 95.7 cm³/mol. The standard InChI is InChI=1S/C18H15Cl2F3N2O/c19-13-5-3-11(15(20)9-13)10-25-17-8-12(18(21,22)23)4-6-14(17)16(24-25)2-1-7-26/h3-6,8-9,26H,1-2,7,10H2. The van der Waals surface area contributed by atoms with E-state index < -0.39 is 11.7 Å². The Morgan fingerprint density at radius 3 is 2.50 bits per heavy atom. The first kappa shape index (κ1) is 19.0. The molecule has 3 aromatic rings. The van der Waals surface area contributed by atoms with Crippen LogP contribution in [0.1, 0.15) is 23.2 Å². The van der Waals surface area contributed by atoms with Crippen LogP contribution in [0.25, 0.3) is 10.9 Å². The minimum atomic E-state index is -4.44. The Bertz CT molecular complexity index is 938. The van der Waals surface area contributed by atoms with E-state index in [0.717, 1.165) is 12.1 Å². The van der Waals surface area contributed by atoms with Crippen molar-refractivity contribution in [2.24, 2.45) is 0 Å². The maximum Gasteiger partial charge on any atom is 0.416 e. The lowest BCUT2D eigenvalue weighted by Crippen LogP contribution is -2.06. The number of alkyl halides is 3. The minimum absolute atomic E-state index is 0.0159. The second-order valence-corrected chi connectivity index (χ2v) is 6.74. The zero-order valence-electron chi connectivity index (χ0n) is 13.5. The average molecular weight is 403 g/mol. The fraction of sp³-hybridized carbons (Fsp3) is 0.278. The van der Waals surface area contributed by atoms with E-state index in [2.05, 4.69) is 5.10 Å². The first-order valence-electron chi connectivity index (χ1n) is 7.91. The first-order valence-corrected chi connectivity index (χ1v) is 8.66. The molecule has 3 rings (SSSR count). The van der Waals surface area contributed by atoms with Crippen LogP contribution in [0.3, 0.4) is 0 Å². The normalized spacial score (nSPS) is 12.1. The van der Waals surface area contributed by atoms with Gasteiger partial charge in [-0.05, 0) is 42.7 Å². The summed E-state index contributed by atoms with van der Waals surface area (Å²) in [5, 5.41) is 15.0. The second kappa shape index (κ2) is 7.47. The highest BCUT2D eigenvalue weighted by Crippen LogP contribution is 2.33. The Hall–Kier alpha value is -1.76. The van der Waals surface area contributed by atoms with Gasteiger partial charge < -0.3 is 5.11 Å². The molecule has 2 aromatic carbocycles. The molecule has 1 N–H and O–H groups in total. The van der Waals surface area contributed by atoms with Crippen LogP contribution in [-0.4, -0.2) is 21.5 Å². The molecule has 0 saturated heterocycles. The Morgan fingerprint density at radius 1 is 1.08 bits per heavy atom. The van der Waals surface area contributed by atoms with Crippen molar-refractivity contribution in [3.05, 3.63) is 63.3 Å². The monoisotopic (exact) mass is 402 g/mol. The van der Waals surface area contributed by atoms with Crippen LogP contribution < -0.4 is 0 Å². The number of halogens is 5. The van der Waals surface area contributed by atoms with Crippen LogP contribution in [0.5, 0.6) is 0 Å². The molecule has 0 saturated carbocycles. The molecule has 26 heavy (non-hydrogen) atoms. The van der Waals surface area contributed by atoms with Crippen LogP contribution >= 0.6 is 23.2 Å². The summed E-state index contributed by atoms with van der Waals surface area (Å²) >= 11 is 12.1. The first-order chi connectivity index (χ1) is 12.3. The summed E-state index contributed by atoms with van der Waals surface area (Å²) < 4.78 is 40.8. The van der Waals surface area contributed by atoms with Crippen molar-refractivity contribution in [1.29, 1.82) is 0 Å². The van der Waals surface area contributed by atoms with E-state index >= 15 is 0 Å². The second-order valence-electron chi connectivity index (χ2n) is 5.90. The fourth-order valence-corrected chi connectivity index (χ4v) is 3.25. The lowest BCUT2D eigenvalue weighted by Gasteiger charge is -2.09. The highest BCUT2D eigenvalue weighted by atomic mass is 35.5. The van der Waals surface area contributed by atoms with Gasteiger partial charge in [0.05, 0.1) is 23.3 Å². The van der Waals surface area contributed by atoms with Crippen molar-refractivity contribution in [3.8, 4) is 0 Å². The van der Waals surface area contributed by atoms with Crippen molar-refractivity contribution in [3.63, 3.8) is 0 Å². The number of aryl methyl sites for hydroxylation is 1. The molecule has 0 bridgehead atoms. The molecule has 0 atom stereocenters. The van der Waals surface area contributed by atoms with Gasteiger partial charge in [0, 0.05) is 22.0 Å². The zero-order valence-corrected chi connectivity index (χ0v) is 15.0. The van der Waals surface area contributed by atoms with Gasteiger partial charge in [-0.1, -0.05) is 35.3 Å². The molecule has 138 valence electrons. The lowest BCUT2D eigenvalue weighted by atomic mass is 10.1. The van der Waals surface area contributed by atoms with Gasteiger partial charge in [0.2, 0.25) is 0 Å². The van der Waals surface area contributed by atoms with Crippen LogP contribution in [0.2, 0.25) is 10.0 Å². The molecule has 0 aliphatic heterocycles. The summed E-state index contributed by atoms with van der Waals surface area (Å²) in [5.74, 6) is 0. The zero-order chi connectivity index (χ0) is 18.9. The van der Waals surface area contributed by atoms with E-state index in [1.165, 1.54) is 10.7 Å². The number of fused-ring (bicyclic) bond motifs is 1. The third-order valence-electron chi connectivity index (χ3n) is 4.06. The third kappa shape index (κ3) is 3.98. The highest BCUT2D eigenvalue weighted by Gasteiger charge is 2.31. The molecule has 8 heteroatoms. The number of nitrogens with zero attached hydrogens (tertiary/aromatic N) is 2. The van der Waals surface area contributed by atoms with E-state index in [-0.39, 0.29) is 13.2 Å². The van der Waals surface area contributed by atoms with Gasteiger partial charge in [-0.15, -0.1) is 0 Å². The Kier molecular flexibility index (Phi) is 5.46. The quantitative estimate of drug-likeness (QED) is 0.625. The molecule has 0 unspecified atom stereocenters. The molecule has 0 aliphatic carbocycles. The van der Waals surface area contributed by atoms with E-state index in [9.17, 15) is 13.2 Å². The Balaban J connectivity index is 2.09. The number of hydrogen-bond donors (Lipinski definition) is 1. The van der Waals surface area contributed by atoms with Crippen molar-refractivity contribution >= 4 is 34.1 Å². The van der Waals surface area contributed by atoms with Crippen LogP contribution in [0, 0.1) is 0 Å². The average Bonchev–Trinajstić information content (AvgIpc) is 2.92. The van der Waals surface area contributed by atoms with Crippen LogP contribution in [-0.2, 0) is 19.1 Å². The molecular weight excluding hydrogens is 388 g/mol. The molecule has 3 nitrogen and oxygen atoms in total. The fourth-order valence-electron chi connectivity index (χ4n) is 2.78. The molecule has 1 aromatic heterocycles. The Labute approximate surface area is 157 Å². The van der Waals surface area contributed by atoms with Crippen LogP contribution in [0.4, 0.5) is 13.2 Å². The van der Waals surface area contributed by atoms with Crippen molar-refractivity contribution in [1.82, 2.24) is 9.78 Å². The Morgan fingerprint density at radius 2 is 1.85 bits per heavy atom. The van der Waals surface area contributed by atoms with E-state index in [4.69, 9.17) is 28.3 Å². The number of aromatic nitrogens is 2. The lowest BCUT2D eigenvalue weighted by molar-refractivity contribution is -0.137. The highest BCUT2D eigenvalue weighted by molar-refractivity contribution is 6.35. The maximum atomic E-state index is 13.1. The van der Waals surface area contributed by atoms with Gasteiger partial charge >= 0.3 is 6.18 Å². The van der Waals surface area contributed by atoms with Crippen molar-refractivity contribution < 1.29 is 18.3 Å². The van der Waals surface area contributed by atoms with E-state index in [1.54, 1.807) is 18.2 Å². The molecule has 0 fully saturated rings. The van der Waals surface area contributed by atoms with Crippen molar-refractivity contribution in [2.45, 2.75) is 25.6 Å². The molecular formula is C18H15Cl2F3N2O. The minimum Gasteiger partial charge on any atom is -0.396 e. The summed E-state index contributed by atoms with van der Waals surface area (Å²) in [6.07, 6.45) is -3.49. The number of hydrogen-bond acceptors (Lipinski definition) is 2. The predicted octanol–water partition coefficient (Wildman–Crippen LogP) is 5.34. The van der Waals surface area contributed by atoms with E-state index in [0.29, 0.717) is 45.0 Å². The smallest absolute Gasteiger partial charge is 0.396 e. The van der Waals surface area contributed by atoms with Gasteiger partial charge in [0.25, 0.3) is 0 Å². The van der Waals surface area contributed by atoms with Gasteiger partial charge in [0.1, 0.15) is 0 Å². The third-order valence-corrected chi connectivity index (χ3v) is 4.65. The SMILES string of the molecule is OCCCc1nn(Cc2ccc(Cl)cc2Cl)c2cc(C(F)(F)F)ccc12. The van der Waals surface area contributed by atoms with Gasteiger partial charge in [0.15, 0.2) is 0 Å². The van der Waals surface area contributed by atoms with Gasteiger partial charge in [-0.3, -0.25) is 4.68 Å².